The van der Waals surface area contributed by atoms with Crippen molar-refractivity contribution in [3.05, 3.63) is 0 Å². The van der Waals surface area contributed by atoms with Gasteiger partial charge in [-0.15, -0.1) is 0 Å². The molecule has 0 aromatic carbocycles. The smallest absolute Gasteiger partial charge is 0.137 e. The lowest BCUT2D eigenvalue weighted by Gasteiger charge is -2.40. The van der Waals surface area contributed by atoms with Gasteiger partial charge in [0.25, 0.3) is 0 Å². The molecule has 0 amide bonds. The maximum Gasteiger partial charge on any atom is 0.137 e. The molecule has 1 rings (SSSR count). The number of unbranched alkanes of at least 4 members (excludes halogenated alkanes) is 9. The molecule has 0 aromatic heterocycles. The number of hydrogen-bond donors (Lipinski definition) is 6. The highest BCUT2D eigenvalue weighted by Gasteiger charge is 2.42. The highest BCUT2D eigenvalue weighted by atomic mass is 16.6. The van der Waals surface area contributed by atoms with E-state index in [9.17, 15) is 15.3 Å². The Hall–Kier alpha value is -0.280. The molecule has 1 fully saturated rings. The Morgan fingerprint density at radius 2 is 1.30 bits per heavy atom. The quantitative estimate of drug-likeness (QED) is 0.217. The molecule has 0 radical (unpaired) electrons. The van der Waals surface area contributed by atoms with Gasteiger partial charge in [-0.1, -0.05) is 64.7 Å². The minimum atomic E-state index is -1.33. The van der Waals surface area contributed by atoms with Crippen LogP contribution in [-0.2, 0) is 4.74 Å². The molecule has 0 spiro atoms. The SMILES string of the molecule is CCCCCCCCCCCCNCCNC1O[C@H](CO)[C@@H](O)[C@H](O)[C@H]1O. The van der Waals surface area contributed by atoms with Gasteiger partial charge in [-0.2, -0.15) is 0 Å². The number of aliphatic hydroxyl groups is 4. The Balaban J connectivity index is 1.92. The van der Waals surface area contributed by atoms with Crippen LogP contribution in [0, 0.1) is 0 Å². The van der Waals surface area contributed by atoms with Crippen LogP contribution in [0.5, 0.6) is 0 Å². The van der Waals surface area contributed by atoms with Gasteiger partial charge >= 0.3 is 0 Å². The molecule has 6 N–H and O–H groups in total. The Kier molecular flexibility index (Phi) is 14.3. The van der Waals surface area contributed by atoms with Gasteiger partial charge in [0.1, 0.15) is 30.6 Å². The van der Waals surface area contributed by atoms with E-state index in [2.05, 4.69) is 17.6 Å². The van der Waals surface area contributed by atoms with E-state index in [4.69, 9.17) is 9.84 Å². The van der Waals surface area contributed by atoms with Gasteiger partial charge in [0.2, 0.25) is 0 Å². The highest BCUT2D eigenvalue weighted by Crippen LogP contribution is 2.19. The number of nitrogens with one attached hydrogen (secondary N) is 2. The zero-order chi connectivity index (χ0) is 19.9. The van der Waals surface area contributed by atoms with Gasteiger partial charge in [0, 0.05) is 13.1 Å². The largest absolute Gasteiger partial charge is 0.394 e. The summed E-state index contributed by atoms with van der Waals surface area (Å²) in [5.41, 5.74) is 0. The van der Waals surface area contributed by atoms with Crippen molar-refractivity contribution in [3.63, 3.8) is 0 Å². The summed E-state index contributed by atoms with van der Waals surface area (Å²) < 4.78 is 5.40. The van der Waals surface area contributed by atoms with Gasteiger partial charge in [-0.3, -0.25) is 5.32 Å². The molecule has 162 valence electrons. The summed E-state index contributed by atoms with van der Waals surface area (Å²) in [6.07, 6.45) is 7.75. The first-order valence-electron chi connectivity index (χ1n) is 10.9. The zero-order valence-corrected chi connectivity index (χ0v) is 17.0. The molecule has 1 unspecified atom stereocenters. The van der Waals surface area contributed by atoms with Crippen molar-refractivity contribution in [1.82, 2.24) is 10.6 Å². The van der Waals surface area contributed by atoms with Crippen LogP contribution in [0.1, 0.15) is 71.1 Å². The van der Waals surface area contributed by atoms with Crippen molar-refractivity contribution in [2.45, 2.75) is 102 Å². The molecule has 1 heterocycles. The fourth-order valence-corrected chi connectivity index (χ4v) is 3.44. The summed E-state index contributed by atoms with van der Waals surface area (Å²) >= 11 is 0. The summed E-state index contributed by atoms with van der Waals surface area (Å²) in [7, 11) is 0. The number of ether oxygens (including phenoxy) is 1. The second-order valence-electron chi connectivity index (χ2n) is 7.64. The molecule has 0 bridgehead atoms. The second kappa shape index (κ2) is 15.6. The van der Waals surface area contributed by atoms with Crippen molar-refractivity contribution in [1.29, 1.82) is 0 Å². The van der Waals surface area contributed by atoms with Crippen LogP contribution in [0.15, 0.2) is 0 Å². The standard InChI is InChI=1S/C20H42N2O5/c1-2-3-4-5-6-7-8-9-10-11-12-21-13-14-22-20-19(26)18(25)17(24)16(15-23)27-20/h16-26H,2-15H2,1H3/t16-,17-,18+,19-,20?/m1/s1. The Labute approximate surface area is 164 Å². The van der Waals surface area contributed by atoms with E-state index in [-0.39, 0.29) is 0 Å². The molecule has 7 heteroatoms. The monoisotopic (exact) mass is 390 g/mol. The molecule has 0 aliphatic carbocycles. The molecular weight excluding hydrogens is 348 g/mol. The second-order valence-corrected chi connectivity index (χ2v) is 7.64. The summed E-state index contributed by atoms with van der Waals surface area (Å²) in [4.78, 5) is 0. The molecule has 1 saturated heterocycles. The van der Waals surface area contributed by atoms with Crippen molar-refractivity contribution in [3.8, 4) is 0 Å². The maximum absolute atomic E-state index is 9.93. The van der Waals surface area contributed by atoms with Gasteiger partial charge in [0.15, 0.2) is 0 Å². The van der Waals surface area contributed by atoms with Crippen LogP contribution in [-0.4, -0.2) is 77.3 Å². The Morgan fingerprint density at radius 1 is 0.704 bits per heavy atom. The number of hydrogen-bond acceptors (Lipinski definition) is 7. The summed E-state index contributed by atoms with van der Waals surface area (Å²) in [6, 6.07) is 0. The third-order valence-electron chi connectivity index (χ3n) is 5.25. The molecule has 27 heavy (non-hydrogen) atoms. The van der Waals surface area contributed by atoms with E-state index in [0.29, 0.717) is 6.54 Å². The van der Waals surface area contributed by atoms with Crippen molar-refractivity contribution in [2.75, 3.05) is 26.2 Å². The van der Waals surface area contributed by atoms with Crippen molar-refractivity contribution in [2.24, 2.45) is 0 Å². The van der Waals surface area contributed by atoms with Crippen molar-refractivity contribution >= 4 is 0 Å². The molecule has 1 aliphatic rings. The lowest BCUT2D eigenvalue weighted by Crippen LogP contribution is -2.62. The van der Waals surface area contributed by atoms with E-state index in [1.165, 1.54) is 57.8 Å². The fraction of sp³-hybridized carbons (Fsp3) is 1.00. The van der Waals surface area contributed by atoms with E-state index < -0.39 is 37.3 Å². The molecule has 5 atom stereocenters. The van der Waals surface area contributed by atoms with Crippen LogP contribution in [0.25, 0.3) is 0 Å². The number of aliphatic hydroxyl groups excluding tert-OH is 4. The topological polar surface area (TPSA) is 114 Å². The predicted octanol–water partition coefficient (Wildman–Crippen LogP) is 0.886. The summed E-state index contributed by atoms with van der Waals surface area (Å²) in [5, 5.41) is 44.9. The minimum Gasteiger partial charge on any atom is -0.394 e. The highest BCUT2D eigenvalue weighted by molar-refractivity contribution is 4.90. The van der Waals surface area contributed by atoms with Crippen LogP contribution in [0.2, 0.25) is 0 Å². The Morgan fingerprint density at radius 3 is 1.89 bits per heavy atom. The van der Waals surface area contributed by atoms with Crippen LogP contribution < -0.4 is 10.6 Å². The van der Waals surface area contributed by atoms with E-state index >= 15 is 0 Å². The van der Waals surface area contributed by atoms with Gasteiger partial charge < -0.3 is 30.5 Å². The molecule has 7 nitrogen and oxygen atoms in total. The third kappa shape index (κ3) is 10.2. The fourth-order valence-electron chi connectivity index (χ4n) is 3.44. The van der Waals surface area contributed by atoms with E-state index in [1.807, 2.05) is 0 Å². The average molecular weight is 391 g/mol. The molecular formula is C20H42N2O5. The Bertz CT molecular complexity index is 346. The lowest BCUT2D eigenvalue weighted by atomic mass is 9.98. The first kappa shape index (κ1) is 24.8. The first-order valence-corrected chi connectivity index (χ1v) is 10.9. The predicted molar refractivity (Wildman–Crippen MR) is 106 cm³/mol. The summed E-state index contributed by atoms with van der Waals surface area (Å²) in [5.74, 6) is 0. The molecule has 0 saturated carbocycles. The van der Waals surface area contributed by atoms with E-state index in [1.54, 1.807) is 0 Å². The maximum atomic E-state index is 9.93. The van der Waals surface area contributed by atoms with E-state index in [0.717, 1.165) is 19.5 Å². The number of rotatable bonds is 16. The van der Waals surface area contributed by atoms with Gasteiger partial charge in [0.05, 0.1) is 6.61 Å². The minimum absolute atomic E-state index is 0.403. The van der Waals surface area contributed by atoms with Crippen LogP contribution in [0.4, 0.5) is 0 Å². The van der Waals surface area contributed by atoms with Crippen LogP contribution >= 0.6 is 0 Å². The lowest BCUT2D eigenvalue weighted by molar-refractivity contribution is -0.236. The molecule has 0 aromatic rings. The van der Waals surface area contributed by atoms with Crippen molar-refractivity contribution < 1.29 is 25.2 Å². The van der Waals surface area contributed by atoms with Crippen LogP contribution in [0.3, 0.4) is 0 Å². The zero-order valence-electron chi connectivity index (χ0n) is 17.0. The van der Waals surface area contributed by atoms with Gasteiger partial charge in [-0.05, 0) is 13.0 Å². The average Bonchev–Trinajstić information content (AvgIpc) is 2.68. The first-order chi connectivity index (χ1) is 13.1. The normalized spacial score (nSPS) is 28.6. The van der Waals surface area contributed by atoms with Gasteiger partial charge in [-0.25, -0.2) is 0 Å². The third-order valence-corrected chi connectivity index (χ3v) is 5.25. The summed E-state index contributed by atoms with van der Waals surface area (Å²) in [6.45, 7) is 4.11. The molecule has 1 aliphatic heterocycles.